The molecule has 1 rings (SSSR count). The van der Waals surface area contributed by atoms with Crippen LogP contribution in [0.5, 0.6) is 11.6 Å². The molecule has 0 aromatic carbocycles. The van der Waals surface area contributed by atoms with Gasteiger partial charge in [-0.2, -0.15) is 0 Å². The Bertz CT molecular complexity index is 353. The highest BCUT2D eigenvalue weighted by molar-refractivity contribution is 9.09. The van der Waals surface area contributed by atoms with Gasteiger partial charge in [0.1, 0.15) is 5.75 Å². The Kier molecular flexibility index (Phi) is 4.59. The van der Waals surface area contributed by atoms with E-state index in [0.717, 1.165) is 23.1 Å². The van der Waals surface area contributed by atoms with Crippen molar-refractivity contribution >= 4 is 15.9 Å². The monoisotopic (exact) mass is 287 g/mol. The molecule has 0 aliphatic rings. The summed E-state index contributed by atoms with van der Waals surface area (Å²) in [6.45, 7) is 4.40. The summed E-state index contributed by atoms with van der Waals surface area (Å²) in [7, 11) is 3.28. The standard InChI is InChI=1S/C12H18BrNO2/c1-12(2,8-13)6-9-5-11(16-4)14-7-10(9)15-3/h5,7H,6,8H2,1-4H3. The highest BCUT2D eigenvalue weighted by Crippen LogP contribution is 2.30. The Balaban J connectivity index is 3.00. The summed E-state index contributed by atoms with van der Waals surface area (Å²) in [4.78, 5) is 4.13. The highest BCUT2D eigenvalue weighted by atomic mass is 79.9. The summed E-state index contributed by atoms with van der Waals surface area (Å²) in [6.07, 6.45) is 2.62. The Morgan fingerprint density at radius 1 is 1.31 bits per heavy atom. The number of halogens is 1. The fraction of sp³-hybridized carbons (Fsp3) is 0.583. The summed E-state index contributed by atoms with van der Waals surface area (Å²) >= 11 is 3.52. The minimum absolute atomic E-state index is 0.180. The zero-order valence-electron chi connectivity index (χ0n) is 10.2. The van der Waals surface area contributed by atoms with Crippen molar-refractivity contribution in [3.05, 3.63) is 17.8 Å². The maximum absolute atomic E-state index is 5.30. The molecule has 0 unspecified atom stereocenters. The van der Waals surface area contributed by atoms with Gasteiger partial charge in [0.25, 0.3) is 0 Å². The molecule has 4 heteroatoms. The predicted molar refractivity (Wildman–Crippen MR) is 68.6 cm³/mol. The fourth-order valence-corrected chi connectivity index (χ4v) is 1.66. The van der Waals surface area contributed by atoms with Gasteiger partial charge >= 0.3 is 0 Å². The van der Waals surface area contributed by atoms with Crippen LogP contribution in [0.3, 0.4) is 0 Å². The second kappa shape index (κ2) is 5.53. The number of rotatable bonds is 5. The largest absolute Gasteiger partial charge is 0.495 e. The van der Waals surface area contributed by atoms with E-state index in [1.165, 1.54) is 0 Å². The predicted octanol–water partition coefficient (Wildman–Crippen LogP) is 3.06. The maximum atomic E-state index is 5.30. The van der Waals surface area contributed by atoms with Crippen LogP contribution in [-0.4, -0.2) is 24.5 Å². The molecule has 16 heavy (non-hydrogen) atoms. The van der Waals surface area contributed by atoms with Crippen LogP contribution >= 0.6 is 15.9 Å². The number of methoxy groups -OCH3 is 2. The lowest BCUT2D eigenvalue weighted by Crippen LogP contribution is -2.17. The quantitative estimate of drug-likeness (QED) is 0.780. The van der Waals surface area contributed by atoms with E-state index in [-0.39, 0.29) is 5.41 Å². The zero-order chi connectivity index (χ0) is 12.2. The lowest BCUT2D eigenvalue weighted by molar-refractivity contribution is 0.369. The van der Waals surface area contributed by atoms with E-state index in [0.29, 0.717) is 5.88 Å². The van der Waals surface area contributed by atoms with Crippen molar-refractivity contribution in [2.45, 2.75) is 20.3 Å². The van der Waals surface area contributed by atoms with E-state index < -0.39 is 0 Å². The van der Waals surface area contributed by atoms with Gasteiger partial charge in [-0.1, -0.05) is 29.8 Å². The highest BCUT2D eigenvalue weighted by Gasteiger charge is 2.19. The van der Waals surface area contributed by atoms with Crippen molar-refractivity contribution in [2.75, 3.05) is 19.5 Å². The molecule has 1 heterocycles. The molecule has 0 aliphatic carbocycles. The van der Waals surface area contributed by atoms with Gasteiger partial charge in [-0.3, -0.25) is 0 Å². The third kappa shape index (κ3) is 3.37. The Hall–Kier alpha value is -0.770. The molecular formula is C12H18BrNO2. The molecule has 3 nitrogen and oxygen atoms in total. The Morgan fingerprint density at radius 2 is 2.00 bits per heavy atom. The lowest BCUT2D eigenvalue weighted by Gasteiger charge is -2.22. The summed E-state index contributed by atoms with van der Waals surface area (Å²) in [5.74, 6) is 1.44. The van der Waals surface area contributed by atoms with Crippen molar-refractivity contribution < 1.29 is 9.47 Å². The Labute approximate surface area is 105 Å². The minimum Gasteiger partial charge on any atom is -0.495 e. The van der Waals surface area contributed by atoms with E-state index in [1.54, 1.807) is 20.4 Å². The molecule has 0 N–H and O–H groups in total. The smallest absolute Gasteiger partial charge is 0.213 e. The second-order valence-electron chi connectivity index (χ2n) is 4.51. The lowest BCUT2D eigenvalue weighted by atomic mass is 9.88. The molecule has 0 fully saturated rings. The zero-order valence-corrected chi connectivity index (χ0v) is 11.8. The van der Waals surface area contributed by atoms with Gasteiger partial charge in [0.15, 0.2) is 0 Å². The molecule has 0 saturated carbocycles. The first kappa shape index (κ1) is 13.3. The normalized spacial score (nSPS) is 11.3. The summed E-state index contributed by atoms with van der Waals surface area (Å²) in [5, 5.41) is 0.938. The van der Waals surface area contributed by atoms with E-state index in [2.05, 4.69) is 34.8 Å². The number of alkyl halides is 1. The molecule has 0 amide bonds. The summed E-state index contributed by atoms with van der Waals surface area (Å²) in [5.41, 5.74) is 1.30. The van der Waals surface area contributed by atoms with Gasteiger partial charge in [0.2, 0.25) is 5.88 Å². The third-order valence-corrected chi connectivity index (χ3v) is 3.90. The summed E-state index contributed by atoms with van der Waals surface area (Å²) in [6, 6.07) is 1.93. The van der Waals surface area contributed by atoms with Crippen molar-refractivity contribution in [3.8, 4) is 11.6 Å². The van der Waals surface area contributed by atoms with Gasteiger partial charge in [-0.05, 0) is 11.8 Å². The molecule has 1 aromatic heterocycles. The molecule has 0 spiro atoms. The minimum atomic E-state index is 0.180. The number of ether oxygens (including phenoxy) is 2. The molecule has 0 bridgehead atoms. The van der Waals surface area contributed by atoms with E-state index in [9.17, 15) is 0 Å². The van der Waals surface area contributed by atoms with Crippen LogP contribution in [0.2, 0.25) is 0 Å². The number of nitrogens with zero attached hydrogens (tertiary/aromatic N) is 1. The van der Waals surface area contributed by atoms with Crippen molar-refractivity contribution in [2.24, 2.45) is 5.41 Å². The SMILES string of the molecule is COc1cc(CC(C)(C)CBr)c(OC)cn1. The van der Waals surface area contributed by atoms with Gasteiger partial charge in [-0.25, -0.2) is 4.98 Å². The van der Waals surface area contributed by atoms with Crippen molar-refractivity contribution in [1.82, 2.24) is 4.98 Å². The third-order valence-electron chi connectivity index (χ3n) is 2.38. The number of hydrogen-bond donors (Lipinski definition) is 0. The van der Waals surface area contributed by atoms with Crippen LogP contribution in [-0.2, 0) is 6.42 Å². The van der Waals surface area contributed by atoms with Crippen LogP contribution in [0.25, 0.3) is 0 Å². The van der Waals surface area contributed by atoms with E-state index >= 15 is 0 Å². The van der Waals surface area contributed by atoms with Gasteiger partial charge < -0.3 is 9.47 Å². The van der Waals surface area contributed by atoms with Crippen LogP contribution in [0, 0.1) is 5.41 Å². The van der Waals surface area contributed by atoms with Gasteiger partial charge in [0, 0.05) is 17.0 Å². The van der Waals surface area contributed by atoms with Crippen LogP contribution in [0.1, 0.15) is 19.4 Å². The van der Waals surface area contributed by atoms with Gasteiger partial charge in [0.05, 0.1) is 20.4 Å². The van der Waals surface area contributed by atoms with Gasteiger partial charge in [-0.15, -0.1) is 0 Å². The average Bonchev–Trinajstić information content (AvgIpc) is 2.28. The molecule has 0 radical (unpaired) electrons. The molecule has 0 saturated heterocycles. The van der Waals surface area contributed by atoms with Crippen molar-refractivity contribution in [1.29, 1.82) is 0 Å². The van der Waals surface area contributed by atoms with Crippen LogP contribution in [0.4, 0.5) is 0 Å². The number of aromatic nitrogens is 1. The summed E-state index contributed by atoms with van der Waals surface area (Å²) < 4.78 is 10.4. The topological polar surface area (TPSA) is 31.4 Å². The first-order chi connectivity index (χ1) is 7.52. The van der Waals surface area contributed by atoms with Crippen molar-refractivity contribution in [3.63, 3.8) is 0 Å². The first-order valence-electron chi connectivity index (χ1n) is 5.15. The molecule has 1 aromatic rings. The number of pyridine rings is 1. The molecular weight excluding hydrogens is 270 g/mol. The number of hydrogen-bond acceptors (Lipinski definition) is 3. The van der Waals surface area contributed by atoms with E-state index in [4.69, 9.17) is 9.47 Å². The average molecular weight is 288 g/mol. The fourth-order valence-electron chi connectivity index (χ4n) is 1.46. The maximum Gasteiger partial charge on any atom is 0.213 e. The first-order valence-corrected chi connectivity index (χ1v) is 6.27. The Morgan fingerprint density at radius 3 is 2.50 bits per heavy atom. The molecule has 90 valence electrons. The van der Waals surface area contributed by atoms with E-state index in [1.807, 2.05) is 6.07 Å². The van der Waals surface area contributed by atoms with Crippen LogP contribution < -0.4 is 9.47 Å². The van der Waals surface area contributed by atoms with Crippen LogP contribution in [0.15, 0.2) is 12.3 Å². The molecule has 0 atom stereocenters. The molecule has 0 aliphatic heterocycles. The second-order valence-corrected chi connectivity index (χ2v) is 5.07.